The van der Waals surface area contributed by atoms with Crippen molar-refractivity contribution in [3.63, 3.8) is 0 Å². The number of hydroxylamine groups is 1. The molecule has 0 unspecified atom stereocenters. The third-order valence-corrected chi connectivity index (χ3v) is 5.49. The lowest BCUT2D eigenvalue weighted by molar-refractivity contribution is -0.591. The molecule has 30 heavy (non-hydrogen) atoms. The van der Waals surface area contributed by atoms with E-state index in [1.54, 1.807) is 5.48 Å². The highest BCUT2D eigenvalue weighted by Crippen LogP contribution is 2.33. The van der Waals surface area contributed by atoms with Crippen LogP contribution in [0.5, 0.6) is 0 Å². The van der Waals surface area contributed by atoms with E-state index in [0.29, 0.717) is 18.5 Å². The molecular weight excluding hydrogens is 397 g/mol. The normalized spacial score (nSPS) is 19.7. The van der Waals surface area contributed by atoms with Gasteiger partial charge in [0.05, 0.1) is 0 Å². The Kier molecular flexibility index (Phi) is 6.93. The van der Waals surface area contributed by atoms with Crippen molar-refractivity contribution in [2.45, 2.75) is 51.0 Å². The van der Waals surface area contributed by atoms with Crippen molar-refractivity contribution in [3.8, 4) is 0 Å². The van der Waals surface area contributed by atoms with E-state index in [0.717, 1.165) is 42.8 Å². The van der Waals surface area contributed by atoms with Gasteiger partial charge in [-0.2, -0.15) is 5.10 Å². The molecule has 0 saturated heterocycles. The van der Waals surface area contributed by atoms with E-state index < -0.39 is 35.5 Å². The molecule has 162 valence electrons. The molecule has 11 heteroatoms. The highest BCUT2D eigenvalue weighted by Gasteiger charge is 2.40. The summed E-state index contributed by atoms with van der Waals surface area (Å²) >= 11 is 0. The summed E-state index contributed by atoms with van der Waals surface area (Å²) in [7, 11) is 0. The molecule has 1 saturated carbocycles. The summed E-state index contributed by atoms with van der Waals surface area (Å²) < 4.78 is 13.3. The average Bonchev–Trinajstić information content (AvgIpc) is 3.40. The van der Waals surface area contributed by atoms with Gasteiger partial charge in [0.25, 0.3) is 5.82 Å². The Balaban J connectivity index is 1.71. The zero-order valence-corrected chi connectivity index (χ0v) is 16.3. The predicted molar refractivity (Wildman–Crippen MR) is 102 cm³/mol. The molecule has 3 amide bonds. The van der Waals surface area contributed by atoms with Crippen LogP contribution < -0.4 is 15.5 Å². The number of carbonyl (C=O) groups excluding carboxylic acids is 3. The topological polar surface area (TPSA) is 138 Å². The van der Waals surface area contributed by atoms with Crippen LogP contribution in [-0.2, 0) is 14.4 Å². The van der Waals surface area contributed by atoms with Crippen molar-refractivity contribution in [2.75, 3.05) is 5.32 Å². The van der Waals surface area contributed by atoms with Gasteiger partial charge in [-0.3, -0.25) is 14.8 Å². The number of halogens is 1. The van der Waals surface area contributed by atoms with Gasteiger partial charge in [0.1, 0.15) is 6.20 Å². The third kappa shape index (κ3) is 5.09. The fourth-order valence-electron chi connectivity index (χ4n) is 3.98. The fraction of sp³-hybridized carbons (Fsp3) is 0.526. The molecule has 10 nitrogen and oxygen atoms in total. The number of hydrogen-bond acceptors (Lipinski definition) is 6. The van der Waals surface area contributed by atoms with Crippen molar-refractivity contribution >= 4 is 29.8 Å². The summed E-state index contributed by atoms with van der Waals surface area (Å²) in [4.78, 5) is 37.5. The number of carbonyl (C=O) groups is 3. The van der Waals surface area contributed by atoms with Crippen LogP contribution in [0.4, 0.5) is 10.2 Å². The average molecular weight is 421 g/mol. The van der Waals surface area contributed by atoms with E-state index in [1.807, 2.05) is 0 Å². The van der Waals surface area contributed by atoms with Crippen LogP contribution in [0.15, 0.2) is 23.4 Å². The summed E-state index contributed by atoms with van der Waals surface area (Å²) in [5.74, 6) is -3.20. The first kappa shape index (κ1) is 21.6. The fourth-order valence-corrected chi connectivity index (χ4v) is 3.98. The number of rotatable bonds is 7. The summed E-state index contributed by atoms with van der Waals surface area (Å²) in [5, 5.41) is 28.0. The minimum Gasteiger partial charge on any atom is -0.711 e. The SMILES string of the molecule is O=C(C[C@@H](CC1CCCC1)C(=O)N1N=CC[C@H]1C(=O)Nc1ccc(F)c[n+]1[O-])NO. The smallest absolute Gasteiger partial charge is 0.332 e. The molecule has 2 aliphatic rings. The number of hydrogen-bond donors (Lipinski definition) is 3. The van der Waals surface area contributed by atoms with Gasteiger partial charge in [-0.05, 0) is 18.4 Å². The monoisotopic (exact) mass is 421 g/mol. The van der Waals surface area contributed by atoms with Gasteiger partial charge < -0.3 is 5.21 Å². The Morgan fingerprint density at radius 3 is 2.73 bits per heavy atom. The first-order valence-electron chi connectivity index (χ1n) is 9.87. The second-order valence-corrected chi connectivity index (χ2v) is 7.60. The number of nitrogens with zero attached hydrogens (tertiary/aromatic N) is 3. The molecule has 3 rings (SSSR count). The Bertz CT molecular complexity index is 843. The van der Waals surface area contributed by atoms with Gasteiger partial charge in [-0.1, -0.05) is 25.7 Å². The van der Waals surface area contributed by atoms with E-state index in [9.17, 15) is 24.0 Å². The maximum absolute atomic E-state index is 13.1. The van der Waals surface area contributed by atoms with Crippen LogP contribution in [0.1, 0.15) is 44.9 Å². The molecule has 3 N–H and O–H groups in total. The van der Waals surface area contributed by atoms with Crippen LogP contribution in [0, 0.1) is 22.9 Å². The standard InChI is InChI=1S/C19H24FN5O5/c20-14-5-6-16(24(30)11-14)22-18(27)15-7-8-21-25(15)19(28)13(10-17(26)23-29)9-12-3-1-2-4-12/h5-6,8,11-13,15,29H,1-4,7,9-10H2,(H,22,27)(H,23,26)/t13-,15+/m1/s1. The van der Waals surface area contributed by atoms with E-state index in [1.165, 1.54) is 6.21 Å². The Morgan fingerprint density at radius 1 is 1.33 bits per heavy atom. The number of amides is 3. The molecule has 0 aromatic carbocycles. The van der Waals surface area contributed by atoms with Gasteiger partial charge in [0.2, 0.25) is 11.8 Å². The van der Waals surface area contributed by atoms with E-state index in [-0.39, 0.29) is 23.4 Å². The van der Waals surface area contributed by atoms with Gasteiger partial charge in [0.15, 0.2) is 11.9 Å². The maximum atomic E-state index is 13.1. The molecule has 2 heterocycles. The van der Waals surface area contributed by atoms with Crippen molar-refractivity contribution in [1.82, 2.24) is 10.5 Å². The first-order chi connectivity index (χ1) is 14.4. The van der Waals surface area contributed by atoms with Crippen LogP contribution in [0.3, 0.4) is 0 Å². The lowest BCUT2D eigenvalue weighted by Gasteiger charge is -2.26. The largest absolute Gasteiger partial charge is 0.711 e. The minimum absolute atomic E-state index is 0.139. The van der Waals surface area contributed by atoms with Crippen molar-refractivity contribution < 1.29 is 28.7 Å². The maximum Gasteiger partial charge on any atom is 0.332 e. The first-order valence-corrected chi connectivity index (χ1v) is 9.87. The van der Waals surface area contributed by atoms with Crippen molar-refractivity contribution in [3.05, 3.63) is 29.4 Å². The summed E-state index contributed by atoms with van der Waals surface area (Å²) in [6, 6.07) is 1.16. The highest BCUT2D eigenvalue weighted by molar-refractivity contribution is 5.99. The summed E-state index contributed by atoms with van der Waals surface area (Å²) in [5.41, 5.74) is 1.55. The number of hydrazone groups is 1. The van der Waals surface area contributed by atoms with Gasteiger partial charge >= 0.3 is 5.91 Å². The Hall–Kier alpha value is -3.08. The molecule has 1 aliphatic carbocycles. The zero-order chi connectivity index (χ0) is 21.7. The van der Waals surface area contributed by atoms with Crippen LogP contribution in [-0.4, -0.2) is 40.2 Å². The molecule has 1 fully saturated rings. The lowest BCUT2D eigenvalue weighted by atomic mass is 9.89. The molecule has 1 aromatic heterocycles. The predicted octanol–water partition coefficient (Wildman–Crippen LogP) is 1.08. The Labute approximate surface area is 172 Å². The highest BCUT2D eigenvalue weighted by atomic mass is 19.1. The van der Waals surface area contributed by atoms with Gasteiger partial charge in [0, 0.05) is 31.0 Å². The van der Waals surface area contributed by atoms with Crippen LogP contribution in [0.25, 0.3) is 0 Å². The second-order valence-electron chi connectivity index (χ2n) is 7.60. The summed E-state index contributed by atoms with van der Waals surface area (Å²) in [6.07, 6.45) is 6.54. The molecule has 2 atom stereocenters. The molecule has 1 aromatic rings. The number of pyridine rings is 1. The van der Waals surface area contributed by atoms with Crippen molar-refractivity contribution in [1.29, 1.82) is 0 Å². The minimum atomic E-state index is -0.995. The molecule has 0 radical (unpaired) electrons. The van der Waals surface area contributed by atoms with Crippen molar-refractivity contribution in [2.24, 2.45) is 16.9 Å². The second kappa shape index (κ2) is 9.61. The molecule has 0 spiro atoms. The molecule has 0 bridgehead atoms. The molecular formula is C19H24FN5O5. The van der Waals surface area contributed by atoms with Gasteiger partial charge in [-0.25, -0.2) is 29.7 Å². The number of nitrogens with one attached hydrogen (secondary N) is 2. The van der Waals surface area contributed by atoms with E-state index >= 15 is 0 Å². The van der Waals surface area contributed by atoms with Gasteiger partial charge in [-0.15, -0.1) is 0 Å². The summed E-state index contributed by atoms with van der Waals surface area (Å²) in [6.45, 7) is 0. The zero-order valence-electron chi connectivity index (χ0n) is 16.3. The lowest BCUT2D eigenvalue weighted by Crippen LogP contribution is -2.46. The number of aromatic nitrogens is 1. The van der Waals surface area contributed by atoms with E-state index in [2.05, 4.69) is 10.4 Å². The van der Waals surface area contributed by atoms with E-state index in [4.69, 9.17) is 5.21 Å². The third-order valence-electron chi connectivity index (χ3n) is 5.49. The van der Waals surface area contributed by atoms with Crippen LogP contribution >= 0.6 is 0 Å². The Morgan fingerprint density at radius 2 is 2.07 bits per heavy atom. The van der Waals surface area contributed by atoms with Crippen LogP contribution in [0.2, 0.25) is 0 Å². The number of anilines is 1. The quantitative estimate of drug-likeness (QED) is 0.262. The molecule has 1 aliphatic heterocycles.